The molecule has 0 heterocycles. The van der Waals surface area contributed by atoms with Crippen LogP contribution >= 0.6 is 12.4 Å². The van der Waals surface area contributed by atoms with Crippen LogP contribution in [0.3, 0.4) is 0 Å². The van der Waals surface area contributed by atoms with Gasteiger partial charge in [0, 0.05) is 13.1 Å². The average molecular weight is 404 g/mol. The van der Waals surface area contributed by atoms with Gasteiger partial charge in [0.25, 0.3) is 0 Å². The molecule has 0 aliphatic heterocycles. The van der Waals surface area contributed by atoms with Crippen molar-refractivity contribution in [3.63, 3.8) is 0 Å². The summed E-state index contributed by atoms with van der Waals surface area (Å²) in [4.78, 5) is 10.5. The van der Waals surface area contributed by atoms with Gasteiger partial charge in [-0.1, -0.05) is 54.1 Å². The van der Waals surface area contributed by atoms with Crippen molar-refractivity contribution in [2.45, 2.75) is 32.6 Å². The smallest absolute Gasteiger partial charge is 0.304 e. The van der Waals surface area contributed by atoms with E-state index in [0.29, 0.717) is 13.1 Å². The van der Waals surface area contributed by atoms with E-state index in [1.807, 2.05) is 37.3 Å². The van der Waals surface area contributed by atoms with Crippen LogP contribution in [0.1, 0.15) is 37.3 Å². The monoisotopic (exact) mass is 403 g/mol. The fourth-order valence-corrected chi connectivity index (χ4v) is 2.74. The van der Waals surface area contributed by atoms with Gasteiger partial charge < -0.3 is 15.2 Å². The van der Waals surface area contributed by atoms with Gasteiger partial charge in [0.2, 0.25) is 0 Å². The van der Waals surface area contributed by atoms with Crippen LogP contribution in [-0.2, 0) is 11.2 Å². The third kappa shape index (κ3) is 10.1. The summed E-state index contributed by atoms with van der Waals surface area (Å²) in [7, 11) is 0. The van der Waals surface area contributed by atoms with Crippen LogP contribution in [0.5, 0.6) is 5.75 Å². The van der Waals surface area contributed by atoms with Gasteiger partial charge in [0.1, 0.15) is 5.75 Å². The van der Waals surface area contributed by atoms with Crippen molar-refractivity contribution in [2.75, 3.05) is 19.7 Å². The van der Waals surface area contributed by atoms with E-state index in [2.05, 4.69) is 35.7 Å². The third-order valence-electron chi connectivity index (χ3n) is 4.18. The van der Waals surface area contributed by atoms with Crippen LogP contribution in [0.2, 0.25) is 0 Å². The molecule has 0 bridgehead atoms. The minimum Gasteiger partial charge on any atom is -0.494 e. The molecule has 2 rings (SSSR count). The Labute approximate surface area is 174 Å². The molecule has 2 aromatic carbocycles. The Bertz CT molecular complexity index is 714. The van der Waals surface area contributed by atoms with Crippen molar-refractivity contribution in [1.82, 2.24) is 5.32 Å². The number of benzene rings is 2. The predicted octanol–water partition coefficient (Wildman–Crippen LogP) is 4.98. The van der Waals surface area contributed by atoms with Gasteiger partial charge in [-0.05, 0) is 49.4 Å². The van der Waals surface area contributed by atoms with Crippen LogP contribution in [0.15, 0.2) is 60.2 Å². The SMILES string of the molecule is C/C(=C\c1ccc(OCCCCc2ccccc2)cc1)CNCCC(=O)O.Cl. The summed E-state index contributed by atoms with van der Waals surface area (Å²) in [6.45, 7) is 3.93. The Kier molecular flexibility index (Phi) is 11.7. The summed E-state index contributed by atoms with van der Waals surface area (Å²) in [6.07, 6.45) is 5.49. The Hall–Kier alpha value is -2.30. The molecule has 152 valence electrons. The van der Waals surface area contributed by atoms with Crippen LogP contribution < -0.4 is 10.1 Å². The largest absolute Gasteiger partial charge is 0.494 e. The zero-order chi connectivity index (χ0) is 19.3. The van der Waals surface area contributed by atoms with Crippen molar-refractivity contribution in [3.8, 4) is 5.75 Å². The lowest BCUT2D eigenvalue weighted by molar-refractivity contribution is -0.136. The molecule has 0 radical (unpaired) electrons. The first-order valence-electron chi connectivity index (χ1n) is 9.50. The summed E-state index contributed by atoms with van der Waals surface area (Å²) in [5.74, 6) is 0.115. The molecule has 28 heavy (non-hydrogen) atoms. The van der Waals surface area contributed by atoms with Gasteiger partial charge in [-0.25, -0.2) is 0 Å². The normalized spacial score (nSPS) is 11.0. The van der Waals surface area contributed by atoms with E-state index in [4.69, 9.17) is 9.84 Å². The summed E-state index contributed by atoms with van der Waals surface area (Å²) < 4.78 is 5.82. The van der Waals surface area contributed by atoms with Gasteiger partial charge >= 0.3 is 5.97 Å². The molecule has 0 fully saturated rings. The van der Waals surface area contributed by atoms with E-state index in [1.165, 1.54) is 5.56 Å². The lowest BCUT2D eigenvalue weighted by atomic mass is 10.1. The number of aliphatic carboxylic acids is 1. The zero-order valence-corrected chi connectivity index (χ0v) is 17.2. The Morgan fingerprint density at radius 3 is 2.46 bits per heavy atom. The Morgan fingerprint density at radius 1 is 1.07 bits per heavy atom. The number of carbonyl (C=O) groups is 1. The third-order valence-corrected chi connectivity index (χ3v) is 4.18. The molecular formula is C23H30ClNO3. The molecule has 0 saturated carbocycles. The fourth-order valence-electron chi connectivity index (χ4n) is 2.74. The number of unbranched alkanes of at least 4 members (excludes halogenated alkanes) is 1. The van der Waals surface area contributed by atoms with Gasteiger partial charge in [-0.3, -0.25) is 4.79 Å². The number of rotatable bonds is 12. The molecule has 2 N–H and O–H groups in total. The Morgan fingerprint density at radius 2 is 1.79 bits per heavy atom. The van der Waals surface area contributed by atoms with Crippen LogP contribution in [0.25, 0.3) is 6.08 Å². The minimum absolute atomic E-state index is 0. The molecule has 2 aromatic rings. The number of nitrogens with one attached hydrogen (secondary N) is 1. The highest BCUT2D eigenvalue weighted by Gasteiger charge is 1.98. The number of hydrogen-bond acceptors (Lipinski definition) is 3. The second kappa shape index (κ2) is 13.8. The summed E-state index contributed by atoms with van der Waals surface area (Å²) in [6, 6.07) is 18.6. The van der Waals surface area contributed by atoms with E-state index in [-0.39, 0.29) is 18.8 Å². The topological polar surface area (TPSA) is 58.6 Å². The number of hydrogen-bond donors (Lipinski definition) is 2. The quantitative estimate of drug-likeness (QED) is 0.491. The van der Waals surface area contributed by atoms with Gasteiger partial charge in [-0.2, -0.15) is 0 Å². The second-order valence-corrected chi connectivity index (χ2v) is 6.67. The molecule has 0 spiro atoms. The van der Waals surface area contributed by atoms with E-state index in [9.17, 15) is 4.79 Å². The lowest BCUT2D eigenvalue weighted by Crippen LogP contribution is -2.19. The van der Waals surface area contributed by atoms with Crippen molar-refractivity contribution >= 4 is 24.5 Å². The number of halogens is 1. The molecule has 0 aromatic heterocycles. The van der Waals surface area contributed by atoms with Crippen LogP contribution in [-0.4, -0.2) is 30.8 Å². The van der Waals surface area contributed by atoms with Gasteiger partial charge in [0.05, 0.1) is 13.0 Å². The summed E-state index contributed by atoms with van der Waals surface area (Å²) >= 11 is 0. The van der Waals surface area contributed by atoms with Gasteiger partial charge in [-0.15, -0.1) is 12.4 Å². The highest BCUT2D eigenvalue weighted by atomic mass is 35.5. The van der Waals surface area contributed by atoms with E-state index in [0.717, 1.165) is 42.8 Å². The maximum absolute atomic E-state index is 10.5. The number of carboxylic acids is 1. The number of ether oxygens (including phenoxy) is 1. The molecular weight excluding hydrogens is 374 g/mol. The predicted molar refractivity (Wildman–Crippen MR) is 117 cm³/mol. The second-order valence-electron chi connectivity index (χ2n) is 6.67. The van der Waals surface area contributed by atoms with Crippen molar-refractivity contribution in [1.29, 1.82) is 0 Å². The molecule has 0 amide bonds. The zero-order valence-electron chi connectivity index (χ0n) is 16.4. The standard InChI is InChI=1S/C23H29NO3.ClH/c1-19(18-24-15-14-23(25)26)17-21-10-12-22(13-11-21)27-16-6-5-9-20-7-3-2-4-8-20;/h2-4,7-8,10-13,17,24H,5-6,9,14-16,18H2,1H3,(H,25,26);1H/b19-17+;. The molecule has 4 nitrogen and oxygen atoms in total. The first-order chi connectivity index (χ1) is 13.1. The van der Waals surface area contributed by atoms with Crippen LogP contribution in [0, 0.1) is 0 Å². The maximum Gasteiger partial charge on any atom is 0.304 e. The van der Waals surface area contributed by atoms with E-state index < -0.39 is 5.97 Å². The van der Waals surface area contributed by atoms with Gasteiger partial charge in [0.15, 0.2) is 0 Å². The molecule has 0 saturated heterocycles. The first-order valence-corrected chi connectivity index (χ1v) is 9.50. The highest BCUT2D eigenvalue weighted by molar-refractivity contribution is 5.85. The Balaban J connectivity index is 0.00000392. The molecule has 0 aliphatic carbocycles. The van der Waals surface area contributed by atoms with Crippen molar-refractivity contribution in [3.05, 3.63) is 71.3 Å². The molecule has 0 unspecified atom stereocenters. The van der Waals surface area contributed by atoms with E-state index >= 15 is 0 Å². The average Bonchev–Trinajstić information content (AvgIpc) is 2.67. The first kappa shape index (κ1) is 23.7. The van der Waals surface area contributed by atoms with Crippen LogP contribution in [0.4, 0.5) is 0 Å². The molecule has 0 aliphatic rings. The molecule has 0 atom stereocenters. The number of carboxylic acid groups (broad SMARTS) is 1. The number of aryl methyl sites for hydroxylation is 1. The lowest BCUT2D eigenvalue weighted by Gasteiger charge is -2.07. The van der Waals surface area contributed by atoms with Crippen molar-refractivity contribution in [2.24, 2.45) is 0 Å². The summed E-state index contributed by atoms with van der Waals surface area (Å²) in [5, 5.41) is 11.7. The van der Waals surface area contributed by atoms with Crippen molar-refractivity contribution < 1.29 is 14.6 Å². The fraction of sp³-hybridized carbons (Fsp3) is 0.348. The van der Waals surface area contributed by atoms with E-state index in [1.54, 1.807) is 0 Å². The summed E-state index contributed by atoms with van der Waals surface area (Å²) in [5.41, 5.74) is 3.65. The molecule has 5 heteroatoms. The highest BCUT2D eigenvalue weighted by Crippen LogP contribution is 2.15. The maximum atomic E-state index is 10.5. The minimum atomic E-state index is -0.778.